The van der Waals surface area contributed by atoms with E-state index in [1.807, 2.05) is 47.0 Å². The van der Waals surface area contributed by atoms with Crippen LogP contribution in [0, 0.1) is 0 Å². The normalized spacial score (nSPS) is 10.7. The molecule has 2 amide bonds. The van der Waals surface area contributed by atoms with Crippen molar-refractivity contribution in [3.8, 4) is 5.69 Å². The number of carbonyl (C=O) groups excluding carboxylic acids is 2. The first-order chi connectivity index (χ1) is 15.6. The number of nitrogens with one attached hydrogen (secondary N) is 2. The van der Waals surface area contributed by atoms with Crippen molar-refractivity contribution in [3.05, 3.63) is 82.0 Å². The molecule has 0 unspecified atom stereocenters. The van der Waals surface area contributed by atoms with Gasteiger partial charge in [-0.25, -0.2) is 4.98 Å². The number of aromatic nitrogens is 4. The van der Waals surface area contributed by atoms with Gasteiger partial charge >= 0.3 is 0 Å². The maximum atomic E-state index is 12.4. The SMILES string of the molecule is O=C(CSc1nnc(CNC(=O)c2ccccc2)n1-c1ccc(Br)cc1)Nc1nccs1. The van der Waals surface area contributed by atoms with Crippen LogP contribution in [0.25, 0.3) is 5.69 Å². The molecule has 8 nitrogen and oxygen atoms in total. The van der Waals surface area contributed by atoms with E-state index in [1.54, 1.807) is 23.7 Å². The summed E-state index contributed by atoms with van der Waals surface area (Å²) in [5.74, 6) is 0.312. The molecule has 2 aromatic carbocycles. The van der Waals surface area contributed by atoms with Gasteiger partial charge in [-0.3, -0.25) is 14.2 Å². The summed E-state index contributed by atoms with van der Waals surface area (Å²) in [5.41, 5.74) is 1.39. The third kappa shape index (κ3) is 5.61. The fourth-order valence-corrected chi connectivity index (χ4v) is 4.36. The Hall–Kier alpha value is -3.02. The fraction of sp³-hybridized carbons (Fsp3) is 0.0952. The van der Waals surface area contributed by atoms with Gasteiger partial charge in [0.2, 0.25) is 5.91 Å². The largest absolute Gasteiger partial charge is 0.345 e. The van der Waals surface area contributed by atoms with Crippen molar-refractivity contribution >= 4 is 56.0 Å². The molecule has 4 aromatic rings. The standard InChI is InChI=1S/C21H17BrN6O2S2/c22-15-6-8-16(9-7-15)28-17(12-24-19(30)14-4-2-1-3-5-14)26-27-21(28)32-13-18(29)25-20-23-10-11-31-20/h1-11H,12-13H2,(H,24,30)(H,23,25,29). The first-order valence-electron chi connectivity index (χ1n) is 9.46. The highest BCUT2D eigenvalue weighted by molar-refractivity contribution is 9.10. The maximum Gasteiger partial charge on any atom is 0.251 e. The number of benzene rings is 2. The van der Waals surface area contributed by atoms with Crippen molar-refractivity contribution in [1.82, 2.24) is 25.1 Å². The van der Waals surface area contributed by atoms with Gasteiger partial charge in [0.05, 0.1) is 12.3 Å². The Kier molecular flexibility index (Phi) is 7.30. The van der Waals surface area contributed by atoms with Crippen molar-refractivity contribution in [1.29, 1.82) is 0 Å². The van der Waals surface area contributed by atoms with E-state index in [-0.39, 0.29) is 24.1 Å². The zero-order valence-electron chi connectivity index (χ0n) is 16.6. The molecule has 0 aliphatic heterocycles. The van der Waals surface area contributed by atoms with E-state index in [1.165, 1.54) is 23.1 Å². The lowest BCUT2D eigenvalue weighted by Crippen LogP contribution is -2.24. The van der Waals surface area contributed by atoms with Gasteiger partial charge in [-0.05, 0) is 36.4 Å². The summed E-state index contributed by atoms with van der Waals surface area (Å²) in [6, 6.07) is 16.6. The maximum absolute atomic E-state index is 12.4. The van der Waals surface area contributed by atoms with Gasteiger partial charge in [-0.15, -0.1) is 21.5 Å². The van der Waals surface area contributed by atoms with E-state index in [9.17, 15) is 9.59 Å². The molecular weight excluding hydrogens is 512 g/mol. The molecule has 11 heteroatoms. The molecular formula is C21H17BrN6O2S2. The molecule has 2 heterocycles. The van der Waals surface area contributed by atoms with Crippen LogP contribution < -0.4 is 10.6 Å². The van der Waals surface area contributed by atoms with E-state index >= 15 is 0 Å². The van der Waals surface area contributed by atoms with Crippen LogP contribution in [0.4, 0.5) is 5.13 Å². The summed E-state index contributed by atoms with van der Waals surface area (Å²) in [6.07, 6.45) is 1.63. The van der Waals surface area contributed by atoms with Crippen LogP contribution in [-0.4, -0.2) is 37.3 Å². The fourth-order valence-electron chi connectivity index (χ4n) is 2.78. The number of hydrogen-bond acceptors (Lipinski definition) is 7. The molecule has 0 atom stereocenters. The van der Waals surface area contributed by atoms with Crippen LogP contribution in [0.1, 0.15) is 16.2 Å². The predicted molar refractivity (Wildman–Crippen MR) is 128 cm³/mol. The summed E-state index contributed by atoms with van der Waals surface area (Å²) >= 11 is 6.05. The minimum atomic E-state index is -0.201. The number of nitrogens with zero attached hydrogens (tertiary/aromatic N) is 4. The zero-order valence-corrected chi connectivity index (χ0v) is 19.8. The molecule has 0 aliphatic rings. The number of halogens is 1. The van der Waals surface area contributed by atoms with Crippen LogP contribution in [-0.2, 0) is 11.3 Å². The summed E-state index contributed by atoms with van der Waals surface area (Å²) in [4.78, 5) is 28.8. The monoisotopic (exact) mass is 528 g/mol. The molecule has 0 saturated carbocycles. The Morgan fingerprint density at radius 2 is 1.84 bits per heavy atom. The molecule has 0 radical (unpaired) electrons. The second-order valence-corrected chi connectivity index (χ2v) is 9.19. The average Bonchev–Trinajstić information content (AvgIpc) is 3.47. The number of rotatable bonds is 8. The first-order valence-corrected chi connectivity index (χ1v) is 12.1. The second-order valence-electron chi connectivity index (χ2n) is 6.43. The Balaban J connectivity index is 1.51. The molecule has 162 valence electrons. The number of anilines is 1. The van der Waals surface area contributed by atoms with Crippen LogP contribution in [0.5, 0.6) is 0 Å². The lowest BCUT2D eigenvalue weighted by Gasteiger charge is -2.11. The van der Waals surface area contributed by atoms with Gasteiger partial charge in [0, 0.05) is 27.3 Å². The Labute approximate surface area is 200 Å². The second kappa shape index (κ2) is 10.5. The van der Waals surface area contributed by atoms with E-state index in [4.69, 9.17) is 0 Å². The quantitative estimate of drug-likeness (QED) is 0.333. The molecule has 2 N–H and O–H groups in total. The molecule has 4 rings (SSSR count). The highest BCUT2D eigenvalue weighted by Crippen LogP contribution is 2.24. The number of thioether (sulfide) groups is 1. The van der Waals surface area contributed by atoms with Crippen LogP contribution in [0.3, 0.4) is 0 Å². The Morgan fingerprint density at radius 3 is 2.56 bits per heavy atom. The van der Waals surface area contributed by atoms with Crippen molar-refractivity contribution in [2.75, 3.05) is 11.1 Å². The van der Waals surface area contributed by atoms with Gasteiger partial charge in [0.1, 0.15) is 0 Å². The van der Waals surface area contributed by atoms with E-state index in [2.05, 4.69) is 41.7 Å². The molecule has 0 spiro atoms. The van der Waals surface area contributed by atoms with Crippen molar-refractivity contribution in [2.24, 2.45) is 0 Å². The average molecular weight is 529 g/mol. The van der Waals surface area contributed by atoms with Gasteiger partial charge in [0.25, 0.3) is 5.91 Å². The Bertz CT molecular complexity index is 1200. The highest BCUT2D eigenvalue weighted by Gasteiger charge is 2.17. The van der Waals surface area contributed by atoms with Crippen LogP contribution in [0.2, 0.25) is 0 Å². The van der Waals surface area contributed by atoms with E-state index in [0.29, 0.717) is 21.7 Å². The molecule has 32 heavy (non-hydrogen) atoms. The van der Waals surface area contributed by atoms with E-state index < -0.39 is 0 Å². The number of amides is 2. The summed E-state index contributed by atoms with van der Waals surface area (Å²) < 4.78 is 2.77. The minimum absolute atomic E-state index is 0.143. The van der Waals surface area contributed by atoms with Crippen LogP contribution >= 0.6 is 39.0 Å². The molecule has 0 saturated heterocycles. The Morgan fingerprint density at radius 1 is 1.06 bits per heavy atom. The smallest absolute Gasteiger partial charge is 0.251 e. The topological polar surface area (TPSA) is 102 Å². The summed E-state index contributed by atoms with van der Waals surface area (Å²) in [6.45, 7) is 0.183. The minimum Gasteiger partial charge on any atom is -0.345 e. The molecule has 2 aromatic heterocycles. The van der Waals surface area contributed by atoms with Gasteiger partial charge in [0.15, 0.2) is 16.1 Å². The highest BCUT2D eigenvalue weighted by atomic mass is 79.9. The first kappa shape index (κ1) is 22.2. The molecule has 0 bridgehead atoms. The van der Waals surface area contributed by atoms with E-state index in [0.717, 1.165) is 10.2 Å². The van der Waals surface area contributed by atoms with Gasteiger partial charge < -0.3 is 10.6 Å². The van der Waals surface area contributed by atoms with Crippen LogP contribution in [0.15, 0.2) is 75.8 Å². The third-order valence-corrected chi connectivity index (χ3v) is 6.39. The zero-order chi connectivity index (χ0) is 22.3. The number of hydrogen-bond donors (Lipinski definition) is 2. The summed E-state index contributed by atoms with van der Waals surface area (Å²) in [7, 11) is 0. The summed E-state index contributed by atoms with van der Waals surface area (Å²) in [5, 5.41) is 17.0. The lowest BCUT2D eigenvalue weighted by atomic mass is 10.2. The predicted octanol–water partition coefficient (Wildman–Crippen LogP) is 4.15. The number of carbonyl (C=O) groups is 2. The van der Waals surface area contributed by atoms with Crippen molar-refractivity contribution in [2.45, 2.75) is 11.7 Å². The number of thiazole rings is 1. The molecule has 0 fully saturated rings. The van der Waals surface area contributed by atoms with Crippen molar-refractivity contribution < 1.29 is 9.59 Å². The third-order valence-electron chi connectivity index (χ3n) is 4.24. The van der Waals surface area contributed by atoms with Gasteiger partial charge in [-0.2, -0.15) is 0 Å². The lowest BCUT2D eigenvalue weighted by molar-refractivity contribution is -0.113. The van der Waals surface area contributed by atoms with Gasteiger partial charge in [-0.1, -0.05) is 45.9 Å². The molecule has 0 aliphatic carbocycles. The van der Waals surface area contributed by atoms with Crippen molar-refractivity contribution in [3.63, 3.8) is 0 Å².